The third-order valence-electron chi connectivity index (χ3n) is 8.14. The summed E-state index contributed by atoms with van der Waals surface area (Å²) in [5.74, 6) is 1.91. The molecule has 2 heterocycles. The molecule has 0 atom stereocenters. The lowest BCUT2D eigenvalue weighted by Crippen LogP contribution is -2.32. The summed E-state index contributed by atoms with van der Waals surface area (Å²) in [6.45, 7) is 22.9. The Morgan fingerprint density at radius 1 is 0.846 bits per heavy atom. The Morgan fingerprint density at radius 3 is 2.31 bits per heavy atom. The molecule has 1 aliphatic rings. The van der Waals surface area contributed by atoms with Crippen LogP contribution in [-0.2, 0) is 19.9 Å². The largest absolute Gasteiger partial charge is 0.455 e. The monoisotopic (exact) mass is 513 g/mol. The molecule has 0 saturated heterocycles. The van der Waals surface area contributed by atoms with Crippen molar-refractivity contribution in [1.82, 2.24) is 0 Å². The lowest BCUT2D eigenvalue weighted by Gasteiger charge is -2.28. The molecule has 1 aliphatic heterocycles. The number of ether oxygens (including phenoxy) is 1. The van der Waals surface area contributed by atoms with Crippen molar-refractivity contribution in [2.75, 3.05) is 0 Å². The second-order valence-electron chi connectivity index (χ2n) is 13.3. The minimum absolute atomic E-state index is 0.104. The molecule has 4 aromatic carbocycles. The van der Waals surface area contributed by atoms with Crippen molar-refractivity contribution in [1.29, 1.82) is 0 Å². The first-order chi connectivity index (χ1) is 18.4. The fourth-order valence-corrected chi connectivity index (χ4v) is 6.37. The number of aryl methyl sites for hydroxylation is 3. The Bertz CT molecular complexity index is 1880. The van der Waals surface area contributed by atoms with Gasteiger partial charge in [0, 0.05) is 30.9 Å². The van der Waals surface area contributed by atoms with E-state index in [0.29, 0.717) is 0 Å². The van der Waals surface area contributed by atoms with Crippen LogP contribution in [0.4, 0.5) is 0 Å². The van der Waals surface area contributed by atoms with Crippen molar-refractivity contribution in [2.24, 2.45) is 12.5 Å². The fourth-order valence-electron chi connectivity index (χ4n) is 6.37. The summed E-state index contributed by atoms with van der Waals surface area (Å²) in [6.07, 6.45) is 3.84. The summed E-state index contributed by atoms with van der Waals surface area (Å²) in [5, 5.41) is 7.35. The van der Waals surface area contributed by atoms with Crippen LogP contribution < -0.4 is 9.30 Å². The molecule has 6 rings (SSSR count). The summed E-state index contributed by atoms with van der Waals surface area (Å²) < 4.78 is 9.27. The summed E-state index contributed by atoms with van der Waals surface area (Å²) in [5.41, 5.74) is 7.12. The highest BCUT2D eigenvalue weighted by atomic mass is 16.5. The Balaban J connectivity index is 1.70. The topological polar surface area (TPSA) is 17.5 Å². The molecule has 0 saturated carbocycles. The van der Waals surface area contributed by atoms with Gasteiger partial charge in [-0.1, -0.05) is 62.7 Å². The van der Waals surface area contributed by atoms with Gasteiger partial charge < -0.3 is 9.58 Å². The van der Waals surface area contributed by atoms with Crippen LogP contribution in [-0.4, -0.2) is 5.54 Å². The van der Waals surface area contributed by atoms with Gasteiger partial charge in [-0.05, 0) is 64.4 Å². The molecule has 0 unspecified atom stereocenters. The standard InChI is InChI=1S/C36H37N2O/c1-21-10-12-26-28(16-21)22(2)31-33-32-27(14-15-38(33)9)25-13-11-23(19-36(6,7)37-8)17-24(25)18-30(32)39-34(31)29(26)20-35(3,4)5/h10-18H,19-20H2,1-7,9H3/q+1. The van der Waals surface area contributed by atoms with Gasteiger partial charge in [0.25, 0.3) is 0 Å². The molecular weight excluding hydrogens is 476 g/mol. The maximum Gasteiger partial charge on any atom is 0.231 e. The molecule has 3 nitrogen and oxygen atoms in total. The third kappa shape index (κ3) is 4.14. The number of aromatic nitrogens is 1. The van der Waals surface area contributed by atoms with Crippen LogP contribution in [0.25, 0.3) is 48.4 Å². The predicted octanol–water partition coefficient (Wildman–Crippen LogP) is 9.19. The van der Waals surface area contributed by atoms with Crippen LogP contribution >= 0.6 is 0 Å². The van der Waals surface area contributed by atoms with Gasteiger partial charge in [0.15, 0.2) is 6.20 Å². The normalized spacial score (nSPS) is 13.0. The number of benzene rings is 4. The van der Waals surface area contributed by atoms with E-state index in [4.69, 9.17) is 11.3 Å². The first-order valence-electron chi connectivity index (χ1n) is 13.9. The van der Waals surface area contributed by atoms with Gasteiger partial charge in [0.2, 0.25) is 11.2 Å². The van der Waals surface area contributed by atoms with Gasteiger partial charge in [-0.3, -0.25) is 0 Å². The zero-order valence-corrected chi connectivity index (χ0v) is 24.4. The Hall–Kier alpha value is -3.90. The van der Waals surface area contributed by atoms with Gasteiger partial charge in [-0.2, -0.15) is 0 Å². The van der Waals surface area contributed by atoms with Gasteiger partial charge in [0.05, 0.1) is 17.4 Å². The number of hydrogen-bond acceptors (Lipinski definition) is 1. The van der Waals surface area contributed by atoms with Gasteiger partial charge in [-0.25, -0.2) is 11.1 Å². The highest BCUT2D eigenvalue weighted by molar-refractivity contribution is 6.16. The highest BCUT2D eigenvalue weighted by Gasteiger charge is 2.34. The minimum atomic E-state index is -0.423. The molecule has 1 aromatic heterocycles. The number of nitrogens with zero attached hydrogens (tertiary/aromatic N) is 2. The Labute approximate surface area is 231 Å². The van der Waals surface area contributed by atoms with E-state index in [9.17, 15) is 0 Å². The highest BCUT2D eigenvalue weighted by Crippen LogP contribution is 2.52. The summed E-state index contributed by atoms with van der Waals surface area (Å²) in [6, 6.07) is 17.9. The molecule has 0 spiro atoms. The van der Waals surface area contributed by atoms with Crippen LogP contribution in [0, 0.1) is 25.8 Å². The van der Waals surface area contributed by atoms with E-state index in [1.54, 1.807) is 0 Å². The lowest BCUT2D eigenvalue weighted by atomic mass is 9.81. The molecule has 0 radical (unpaired) electrons. The van der Waals surface area contributed by atoms with E-state index >= 15 is 0 Å². The number of fused-ring (bicyclic) bond motifs is 5. The van der Waals surface area contributed by atoms with Crippen molar-refractivity contribution in [2.45, 2.75) is 66.8 Å². The smallest absolute Gasteiger partial charge is 0.231 e. The average molecular weight is 514 g/mol. The quantitative estimate of drug-likeness (QED) is 0.131. The lowest BCUT2D eigenvalue weighted by molar-refractivity contribution is -0.659. The van der Waals surface area contributed by atoms with Crippen molar-refractivity contribution in [3.05, 3.63) is 88.4 Å². The van der Waals surface area contributed by atoms with E-state index in [1.165, 1.54) is 60.4 Å². The van der Waals surface area contributed by atoms with Crippen LogP contribution in [0.5, 0.6) is 11.5 Å². The van der Waals surface area contributed by atoms with Crippen LogP contribution in [0.3, 0.4) is 0 Å². The first kappa shape index (κ1) is 25.4. The predicted molar refractivity (Wildman–Crippen MR) is 163 cm³/mol. The van der Waals surface area contributed by atoms with Crippen molar-refractivity contribution < 1.29 is 9.30 Å². The first-order valence-corrected chi connectivity index (χ1v) is 13.9. The van der Waals surface area contributed by atoms with E-state index in [0.717, 1.165) is 29.7 Å². The second-order valence-corrected chi connectivity index (χ2v) is 13.3. The molecule has 5 aromatic rings. The molecule has 0 N–H and O–H groups in total. The zero-order chi connectivity index (χ0) is 27.9. The average Bonchev–Trinajstić information content (AvgIpc) is 2.86. The second kappa shape index (κ2) is 8.55. The molecule has 0 amide bonds. The van der Waals surface area contributed by atoms with Gasteiger partial charge in [-0.15, -0.1) is 0 Å². The molecule has 0 fully saturated rings. The Kier molecular flexibility index (Phi) is 5.57. The number of rotatable bonds is 3. The van der Waals surface area contributed by atoms with Crippen molar-refractivity contribution >= 4 is 32.3 Å². The van der Waals surface area contributed by atoms with E-state index in [2.05, 4.69) is 106 Å². The molecule has 39 heavy (non-hydrogen) atoms. The van der Waals surface area contributed by atoms with Gasteiger partial charge in [0.1, 0.15) is 18.5 Å². The maximum atomic E-state index is 7.58. The fraction of sp³-hybridized carbons (Fsp3) is 0.333. The van der Waals surface area contributed by atoms with Crippen molar-refractivity contribution in [3.8, 4) is 22.8 Å². The summed E-state index contributed by atoms with van der Waals surface area (Å²) in [7, 11) is 2.15. The van der Waals surface area contributed by atoms with E-state index in [-0.39, 0.29) is 5.41 Å². The number of pyridine rings is 1. The molecule has 196 valence electrons. The summed E-state index contributed by atoms with van der Waals surface area (Å²) >= 11 is 0. The van der Waals surface area contributed by atoms with Crippen molar-refractivity contribution in [3.63, 3.8) is 0 Å². The molecule has 3 heteroatoms. The van der Waals surface area contributed by atoms with Crippen LogP contribution in [0.2, 0.25) is 0 Å². The van der Waals surface area contributed by atoms with E-state index < -0.39 is 5.54 Å². The molecular formula is C36H37N2O+. The third-order valence-corrected chi connectivity index (χ3v) is 8.14. The zero-order valence-electron chi connectivity index (χ0n) is 24.4. The molecule has 0 bridgehead atoms. The maximum absolute atomic E-state index is 7.58. The van der Waals surface area contributed by atoms with E-state index in [1.807, 2.05) is 13.8 Å². The van der Waals surface area contributed by atoms with Crippen LogP contribution in [0.15, 0.2) is 54.7 Å². The van der Waals surface area contributed by atoms with Crippen LogP contribution in [0.1, 0.15) is 56.9 Å². The molecule has 0 aliphatic carbocycles. The SMILES string of the molecule is [C-]#[N+]C(C)(C)Cc1ccc2c(c1)cc1c3c([n+](C)ccc32)-c2c(c(CC(C)(C)C)c3ccc(C)cc3c2C)O1. The number of hydrogen-bond donors (Lipinski definition) is 0. The van der Waals surface area contributed by atoms with Gasteiger partial charge >= 0.3 is 0 Å². The summed E-state index contributed by atoms with van der Waals surface area (Å²) in [4.78, 5) is 3.83. The Morgan fingerprint density at radius 2 is 1.59 bits per heavy atom. The minimum Gasteiger partial charge on any atom is -0.455 e.